The Morgan fingerprint density at radius 2 is 2.24 bits per heavy atom. The summed E-state index contributed by atoms with van der Waals surface area (Å²) in [6.45, 7) is 0.553. The molecule has 1 N–H and O–H groups in total. The zero-order valence-electron chi connectivity index (χ0n) is 9.75. The average Bonchev–Trinajstić information content (AvgIpc) is 2.97. The fourth-order valence-corrected chi connectivity index (χ4v) is 1.95. The van der Waals surface area contributed by atoms with Crippen LogP contribution in [0.2, 0.25) is 0 Å². The monoisotopic (exact) mass is 238 g/mol. The van der Waals surface area contributed by atoms with Gasteiger partial charge in [0.15, 0.2) is 0 Å². The number of hydrogen-bond donors (Lipinski definition) is 1. The molecular weight excluding hydrogens is 224 g/mol. The maximum atomic E-state index is 12.0. The van der Waals surface area contributed by atoms with Gasteiger partial charge in [-0.3, -0.25) is 9.59 Å². The Bertz CT molecular complexity index is 415. The standard InChI is InChI=1S/C9H14N6O2/c1-14(2)8(16)6-4-3-5-15(6)9(17)7-10-12-13-11-7/h6H,3-5H2,1-2H3,(H,10,11,12,13). The van der Waals surface area contributed by atoms with Crippen molar-refractivity contribution in [1.29, 1.82) is 0 Å². The minimum Gasteiger partial charge on any atom is -0.347 e. The van der Waals surface area contributed by atoms with Crippen LogP contribution in [0.15, 0.2) is 0 Å². The molecule has 17 heavy (non-hydrogen) atoms. The van der Waals surface area contributed by atoms with Gasteiger partial charge in [-0.05, 0) is 18.1 Å². The number of tetrazole rings is 1. The highest BCUT2D eigenvalue weighted by Gasteiger charge is 2.36. The number of carbonyl (C=O) groups excluding carboxylic acids is 2. The molecule has 0 aliphatic carbocycles. The van der Waals surface area contributed by atoms with Gasteiger partial charge in [0, 0.05) is 20.6 Å². The molecule has 1 aliphatic rings. The van der Waals surface area contributed by atoms with E-state index in [1.54, 1.807) is 14.1 Å². The molecule has 0 saturated carbocycles. The van der Waals surface area contributed by atoms with Gasteiger partial charge in [0.1, 0.15) is 6.04 Å². The zero-order chi connectivity index (χ0) is 12.4. The van der Waals surface area contributed by atoms with Crippen molar-refractivity contribution in [3.8, 4) is 0 Å². The highest BCUT2D eigenvalue weighted by atomic mass is 16.2. The largest absolute Gasteiger partial charge is 0.347 e. The molecule has 1 aromatic rings. The number of nitrogens with zero attached hydrogens (tertiary/aromatic N) is 5. The molecule has 1 atom stereocenters. The summed E-state index contributed by atoms with van der Waals surface area (Å²) in [5, 5.41) is 12.8. The summed E-state index contributed by atoms with van der Waals surface area (Å²) in [6, 6.07) is -0.406. The Balaban J connectivity index is 2.15. The number of aromatic nitrogens is 4. The topological polar surface area (TPSA) is 95.1 Å². The molecule has 8 heteroatoms. The number of nitrogens with one attached hydrogen (secondary N) is 1. The van der Waals surface area contributed by atoms with E-state index in [1.807, 2.05) is 0 Å². The summed E-state index contributed by atoms with van der Waals surface area (Å²) in [5.41, 5.74) is 0. The average molecular weight is 238 g/mol. The Hall–Kier alpha value is -1.99. The van der Waals surface area contributed by atoms with Gasteiger partial charge in [-0.2, -0.15) is 5.21 Å². The number of H-pyrrole nitrogens is 1. The van der Waals surface area contributed by atoms with Crippen LogP contribution in [0, 0.1) is 0 Å². The SMILES string of the molecule is CN(C)C(=O)C1CCCN1C(=O)c1nn[nH]n1. The third-order valence-corrected chi connectivity index (χ3v) is 2.78. The predicted molar refractivity (Wildman–Crippen MR) is 56.9 cm³/mol. The quantitative estimate of drug-likeness (QED) is 0.705. The molecule has 2 amide bonds. The molecule has 1 fully saturated rings. The number of aromatic amines is 1. The van der Waals surface area contributed by atoms with E-state index in [2.05, 4.69) is 20.6 Å². The number of amides is 2. The van der Waals surface area contributed by atoms with E-state index >= 15 is 0 Å². The van der Waals surface area contributed by atoms with Gasteiger partial charge in [0.25, 0.3) is 11.7 Å². The lowest BCUT2D eigenvalue weighted by Crippen LogP contribution is -2.45. The first-order valence-corrected chi connectivity index (χ1v) is 5.37. The number of rotatable bonds is 2. The Labute approximate surface area is 98.0 Å². The van der Waals surface area contributed by atoms with E-state index in [0.717, 1.165) is 6.42 Å². The molecule has 8 nitrogen and oxygen atoms in total. The van der Waals surface area contributed by atoms with E-state index in [9.17, 15) is 9.59 Å². The first-order valence-electron chi connectivity index (χ1n) is 5.37. The fourth-order valence-electron chi connectivity index (χ4n) is 1.95. The van der Waals surface area contributed by atoms with Crippen LogP contribution in [0.3, 0.4) is 0 Å². The maximum absolute atomic E-state index is 12.0. The zero-order valence-corrected chi connectivity index (χ0v) is 9.75. The predicted octanol–water partition coefficient (Wildman–Crippen LogP) is -1.11. The second-order valence-corrected chi connectivity index (χ2v) is 4.12. The molecule has 1 aliphatic heterocycles. The Kier molecular flexibility index (Phi) is 3.03. The fraction of sp³-hybridized carbons (Fsp3) is 0.667. The van der Waals surface area contributed by atoms with Crippen molar-refractivity contribution in [2.75, 3.05) is 20.6 Å². The van der Waals surface area contributed by atoms with Gasteiger partial charge in [0.05, 0.1) is 0 Å². The molecule has 1 unspecified atom stereocenters. The maximum Gasteiger partial charge on any atom is 0.296 e. The van der Waals surface area contributed by atoms with Crippen molar-refractivity contribution < 1.29 is 9.59 Å². The molecule has 0 spiro atoms. The molecule has 1 aromatic heterocycles. The normalized spacial score (nSPS) is 19.4. The lowest BCUT2D eigenvalue weighted by Gasteiger charge is -2.24. The molecular formula is C9H14N6O2. The van der Waals surface area contributed by atoms with Gasteiger partial charge in [-0.15, -0.1) is 10.2 Å². The van der Waals surface area contributed by atoms with E-state index in [4.69, 9.17) is 0 Å². The van der Waals surface area contributed by atoms with E-state index < -0.39 is 6.04 Å². The summed E-state index contributed by atoms with van der Waals surface area (Å²) in [5.74, 6) is -0.417. The molecule has 92 valence electrons. The first-order chi connectivity index (χ1) is 8.11. The van der Waals surface area contributed by atoms with Crippen molar-refractivity contribution >= 4 is 11.8 Å². The van der Waals surface area contributed by atoms with Crippen LogP contribution < -0.4 is 0 Å². The third-order valence-electron chi connectivity index (χ3n) is 2.78. The highest BCUT2D eigenvalue weighted by molar-refractivity contribution is 5.95. The minimum absolute atomic E-state index is 0.00320. The molecule has 0 radical (unpaired) electrons. The summed E-state index contributed by atoms with van der Waals surface area (Å²) in [6.07, 6.45) is 1.49. The van der Waals surface area contributed by atoms with Crippen LogP contribution >= 0.6 is 0 Å². The lowest BCUT2D eigenvalue weighted by atomic mass is 10.2. The first kappa shape index (κ1) is 11.5. The number of hydrogen-bond acceptors (Lipinski definition) is 5. The number of likely N-dealkylation sites (tertiary alicyclic amines) is 1. The summed E-state index contributed by atoms with van der Waals surface area (Å²) in [4.78, 5) is 26.9. The molecule has 0 aromatic carbocycles. The van der Waals surface area contributed by atoms with Crippen molar-refractivity contribution in [3.05, 3.63) is 5.82 Å². The van der Waals surface area contributed by atoms with Crippen LogP contribution in [0.25, 0.3) is 0 Å². The summed E-state index contributed by atoms with van der Waals surface area (Å²) < 4.78 is 0. The molecule has 0 bridgehead atoms. The van der Waals surface area contributed by atoms with Crippen molar-refractivity contribution in [3.63, 3.8) is 0 Å². The van der Waals surface area contributed by atoms with Crippen LogP contribution in [0.5, 0.6) is 0 Å². The second-order valence-electron chi connectivity index (χ2n) is 4.12. The lowest BCUT2D eigenvalue weighted by molar-refractivity contribution is -0.132. The molecule has 2 heterocycles. The van der Waals surface area contributed by atoms with Crippen molar-refractivity contribution in [2.45, 2.75) is 18.9 Å². The van der Waals surface area contributed by atoms with E-state index in [-0.39, 0.29) is 17.6 Å². The summed E-state index contributed by atoms with van der Waals surface area (Å²) in [7, 11) is 3.36. The van der Waals surface area contributed by atoms with E-state index in [0.29, 0.717) is 13.0 Å². The van der Waals surface area contributed by atoms with Crippen LogP contribution in [0.1, 0.15) is 23.5 Å². The number of likely N-dealkylation sites (N-methyl/N-ethyl adjacent to an activating group) is 1. The van der Waals surface area contributed by atoms with Crippen LogP contribution in [-0.2, 0) is 4.79 Å². The number of carbonyl (C=O) groups is 2. The van der Waals surface area contributed by atoms with Crippen LogP contribution in [0.4, 0.5) is 0 Å². The van der Waals surface area contributed by atoms with Crippen molar-refractivity contribution in [2.24, 2.45) is 0 Å². The highest BCUT2D eigenvalue weighted by Crippen LogP contribution is 2.20. The molecule has 1 saturated heterocycles. The van der Waals surface area contributed by atoms with Gasteiger partial charge in [-0.25, -0.2) is 0 Å². The summed E-state index contributed by atoms with van der Waals surface area (Å²) >= 11 is 0. The van der Waals surface area contributed by atoms with Gasteiger partial charge in [0.2, 0.25) is 5.91 Å². The van der Waals surface area contributed by atoms with Gasteiger partial charge < -0.3 is 9.80 Å². The Morgan fingerprint density at radius 3 is 2.82 bits per heavy atom. The van der Waals surface area contributed by atoms with E-state index in [1.165, 1.54) is 9.80 Å². The Morgan fingerprint density at radius 1 is 1.47 bits per heavy atom. The smallest absolute Gasteiger partial charge is 0.296 e. The van der Waals surface area contributed by atoms with Gasteiger partial charge >= 0.3 is 0 Å². The van der Waals surface area contributed by atoms with Gasteiger partial charge in [-0.1, -0.05) is 0 Å². The van der Waals surface area contributed by atoms with Crippen LogP contribution in [-0.4, -0.2) is 68.9 Å². The minimum atomic E-state index is -0.406. The second kappa shape index (κ2) is 4.48. The van der Waals surface area contributed by atoms with Crippen molar-refractivity contribution in [1.82, 2.24) is 30.4 Å². The molecule has 2 rings (SSSR count). The third kappa shape index (κ3) is 2.10.